The summed E-state index contributed by atoms with van der Waals surface area (Å²) in [4.78, 5) is 0. The van der Waals surface area contributed by atoms with Crippen molar-refractivity contribution in [3.8, 4) is 0 Å². The van der Waals surface area contributed by atoms with Gasteiger partial charge >= 0.3 is 0 Å². The van der Waals surface area contributed by atoms with Crippen LogP contribution in [-0.2, 0) is 0 Å². The lowest BCUT2D eigenvalue weighted by Crippen LogP contribution is -2.38. The first kappa shape index (κ1) is 12.4. The van der Waals surface area contributed by atoms with Crippen molar-refractivity contribution in [3.63, 3.8) is 0 Å². The van der Waals surface area contributed by atoms with Crippen molar-refractivity contribution in [1.82, 2.24) is 5.32 Å². The van der Waals surface area contributed by atoms with Crippen LogP contribution in [0, 0.1) is 23.7 Å². The lowest BCUT2D eigenvalue weighted by Gasteiger charge is -2.37. The Hall–Kier alpha value is -0.300. The highest BCUT2D eigenvalue weighted by molar-refractivity contribution is 5.30. The molecule has 1 heterocycles. The fourth-order valence-electron chi connectivity index (χ4n) is 5.95. The van der Waals surface area contributed by atoms with Crippen LogP contribution in [0.2, 0.25) is 0 Å². The van der Waals surface area contributed by atoms with Crippen LogP contribution < -0.4 is 5.32 Å². The first-order valence-electron chi connectivity index (χ1n) is 8.74. The molecule has 4 aliphatic rings. The number of fused-ring (bicyclic) bond motifs is 3. The van der Waals surface area contributed by atoms with E-state index in [-0.39, 0.29) is 0 Å². The lowest BCUT2D eigenvalue weighted by molar-refractivity contribution is 0.173. The van der Waals surface area contributed by atoms with Gasteiger partial charge in [-0.05, 0) is 68.6 Å². The minimum atomic E-state index is 0.816. The van der Waals surface area contributed by atoms with Gasteiger partial charge in [0.05, 0.1) is 0 Å². The van der Waals surface area contributed by atoms with E-state index in [9.17, 15) is 0 Å². The van der Waals surface area contributed by atoms with E-state index in [2.05, 4.69) is 19.2 Å². The molecule has 1 N–H and O–H groups in total. The predicted molar refractivity (Wildman–Crippen MR) is 80.0 cm³/mol. The molecule has 0 spiro atoms. The van der Waals surface area contributed by atoms with Crippen LogP contribution in [0.3, 0.4) is 0 Å². The number of hydrogen-bond donors (Lipinski definition) is 1. The lowest BCUT2D eigenvalue weighted by atomic mass is 9.68. The molecule has 1 nitrogen and oxygen atoms in total. The average Bonchev–Trinajstić information content (AvgIpc) is 3.04. The van der Waals surface area contributed by atoms with Crippen molar-refractivity contribution in [2.24, 2.45) is 23.7 Å². The molecule has 19 heavy (non-hydrogen) atoms. The van der Waals surface area contributed by atoms with Gasteiger partial charge in [0, 0.05) is 12.1 Å². The van der Waals surface area contributed by atoms with Gasteiger partial charge < -0.3 is 5.32 Å². The number of hydrogen-bond acceptors (Lipinski definition) is 1. The molecule has 1 saturated carbocycles. The quantitative estimate of drug-likeness (QED) is 0.729. The number of allylic oxidation sites excluding steroid dienone is 2. The molecule has 0 amide bonds. The third-order valence-electron chi connectivity index (χ3n) is 6.84. The Morgan fingerprint density at radius 3 is 2.95 bits per heavy atom. The summed E-state index contributed by atoms with van der Waals surface area (Å²) in [6, 6.07) is 1.66. The molecule has 6 atom stereocenters. The number of nitrogens with one attached hydrogen (secondary N) is 1. The summed E-state index contributed by atoms with van der Waals surface area (Å²) in [5.41, 5.74) is 3.82. The highest BCUT2D eigenvalue weighted by Gasteiger charge is 2.49. The second kappa shape index (κ2) is 4.62. The molecule has 106 valence electrons. The topological polar surface area (TPSA) is 12.0 Å². The van der Waals surface area contributed by atoms with Crippen LogP contribution in [0.25, 0.3) is 0 Å². The normalized spacial score (nSPS) is 48.3. The Kier molecular flexibility index (Phi) is 3.02. The van der Waals surface area contributed by atoms with Gasteiger partial charge in [0.1, 0.15) is 0 Å². The zero-order valence-corrected chi connectivity index (χ0v) is 12.6. The van der Waals surface area contributed by atoms with E-state index in [4.69, 9.17) is 0 Å². The first-order chi connectivity index (χ1) is 9.28. The minimum Gasteiger partial charge on any atom is -0.311 e. The van der Waals surface area contributed by atoms with Gasteiger partial charge in [0.25, 0.3) is 0 Å². The molecule has 0 radical (unpaired) electrons. The zero-order chi connectivity index (χ0) is 13.0. The molecular formula is C18H29N. The average molecular weight is 259 g/mol. The standard InChI is InChI=1S/C18H29N/c1-3-5-17-11(2)15-9-13-8-12-6-4-7-14(12)16(13)10-18(15)19-17/h11,13,15-19H,3-10H2,1-2H3/t11?,13?,15-,16?,17?,18?/m0/s1. The maximum atomic E-state index is 4.01. The maximum Gasteiger partial charge on any atom is 0.0107 e. The van der Waals surface area contributed by atoms with Crippen LogP contribution in [0.5, 0.6) is 0 Å². The highest BCUT2D eigenvalue weighted by Crippen LogP contribution is 2.55. The molecule has 2 fully saturated rings. The van der Waals surface area contributed by atoms with E-state index in [0.29, 0.717) is 0 Å². The van der Waals surface area contributed by atoms with Gasteiger partial charge in [-0.25, -0.2) is 0 Å². The van der Waals surface area contributed by atoms with Crippen molar-refractivity contribution < 1.29 is 0 Å². The second-order valence-corrected chi connectivity index (χ2v) is 7.72. The second-order valence-electron chi connectivity index (χ2n) is 7.72. The van der Waals surface area contributed by atoms with Gasteiger partial charge in [0.2, 0.25) is 0 Å². The van der Waals surface area contributed by atoms with Crippen LogP contribution in [0.15, 0.2) is 11.1 Å². The SMILES string of the molecule is CCCC1NC2CC3C4=C(CCC4)CC3C[C@H]2C1C. The van der Waals surface area contributed by atoms with Crippen molar-refractivity contribution in [2.45, 2.75) is 77.3 Å². The van der Waals surface area contributed by atoms with Crippen molar-refractivity contribution in [1.29, 1.82) is 0 Å². The van der Waals surface area contributed by atoms with E-state index >= 15 is 0 Å². The first-order valence-corrected chi connectivity index (χ1v) is 8.74. The van der Waals surface area contributed by atoms with Crippen LogP contribution in [0.1, 0.15) is 65.2 Å². The molecule has 0 aromatic rings. The summed E-state index contributed by atoms with van der Waals surface area (Å²) in [7, 11) is 0. The summed E-state index contributed by atoms with van der Waals surface area (Å²) in [6.45, 7) is 4.86. The van der Waals surface area contributed by atoms with Gasteiger partial charge in [-0.15, -0.1) is 0 Å². The molecule has 4 rings (SSSR count). The fraction of sp³-hybridized carbons (Fsp3) is 0.889. The van der Waals surface area contributed by atoms with E-state index < -0.39 is 0 Å². The largest absolute Gasteiger partial charge is 0.311 e. The molecular weight excluding hydrogens is 230 g/mol. The minimum absolute atomic E-state index is 0.816. The molecule has 1 saturated heterocycles. The Balaban J connectivity index is 1.51. The Labute approximate surface area is 118 Å². The summed E-state index contributed by atoms with van der Waals surface area (Å²) in [5, 5.41) is 4.01. The van der Waals surface area contributed by atoms with Crippen LogP contribution in [-0.4, -0.2) is 12.1 Å². The van der Waals surface area contributed by atoms with Crippen LogP contribution in [0.4, 0.5) is 0 Å². The Morgan fingerprint density at radius 1 is 1.21 bits per heavy atom. The Morgan fingerprint density at radius 2 is 2.11 bits per heavy atom. The Bertz CT molecular complexity index is 396. The summed E-state index contributed by atoms with van der Waals surface area (Å²) >= 11 is 0. The van der Waals surface area contributed by atoms with Crippen molar-refractivity contribution >= 4 is 0 Å². The van der Waals surface area contributed by atoms with Gasteiger partial charge in [0.15, 0.2) is 0 Å². The molecule has 1 aliphatic heterocycles. The summed E-state index contributed by atoms with van der Waals surface area (Å²) in [5.74, 6) is 3.93. The molecule has 0 aromatic heterocycles. The predicted octanol–water partition coefficient (Wildman–Crippen LogP) is 4.29. The maximum absolute atomic E-state index is 4.01. The van der Waals surface area contributed by atoms with E-state index in [1.165, 1.54) is 51.4 Å². The van der Waals surface area contributed by atoms with E-state index in [1.807, 2.05) is 11.1 Å². The molecule has 1 heteroatoms. The highest BCUT2D eigenvalue weighted by atomic mass is 15.0. The molecule has 5 unspecified atom stereocenters. The third kappa shape index (κ3) is 1.84. The fourth-order valence-corrected chi connectivity index (χ4v) is 5.95. The van der Waals surface area contributed by atoms with Crippen molar-refractivity contribution in [3.05, 3.63) is 11.1 Å². The number of rotatable bonds is 2. The summed E-state index contributed by atoms with van der Waals surface area (Å²) < 4.78 is 0. The van der Waals surface area contributed by atoms with E-state index in [1.54, 1.807) is 0 Å². The molecule has 3 aliphatic carbocycles. The van der Waals surface area contributed by atoms with Gasteiger partial charge in [-0.2, -0.15) is 0 Å². The molecule has 0 aromatic carbocycles. The monoisotopic (exact) mass is 259 g/mol. The van der Waals surface area contributed by atoms with Crippen molar-refractivity contribution in [2.75, 3.05) is 0 Å². The van der Waals surface area contributed by atoms with Crippen LogP contribution >= 0.6 is 0 Å². The van der Waals surface area contributed by atoms with E-state index in [0.717, 1.165) is 35.8 Å². The van der Waals surface area contributed by atoms with Gasteiger partial charge in [-0.3, -0.25) is 0 Å². The zero-order valence-electron chi connectivity index (χ0n) is 12.6. The summed E-state index contributed by atoms with van der Waals surface area (Å²) in [6.07, 6.45) is 11.6. The van der Waals surface area contributed by atoms with Gasteiger partial charge in [-0.1, -0.05) is 31.4 Å². The smallest absolute Gasteiger partial charge is 0.0107 e. The third-order valence-corrected chi connectivity index (χ3v) is 6.84. The molecule has 0 bridgehead atoms.